The molecule has 3 rings (SSSR count). The topological polar surface area (TPSA) is 61.8 Å². The summed E-state index contributed by atoms with van der Waals surface area (Å²) in [6.07, 6.45) is 0.775. The lowest BCUT2D eigenvalue weighted by Gasteiger charge is -2.14. The van der Waals surface area contributed by atoms with E-state index in [4.69, 9.17) is 14.2 Å². The van der Waals surface area contributed by atoms with Gasteiger partial charge in [0.25, 0.3) is 0 Å². The zero-order valence-corrected chi connectivity index (χ0v) is 15.2. The molecule has 0 N–H and O–H groups in total. The molecule has 1 aliphatic rings. The second-order valence-electron chi connectivity index (χ2n) is 6.12. The van der Waals surface area contributed by atoms with E-state index in [1.807, 2.05) is 0 Å². The second-order valence-corrected chi connectivity index (χ2v) is 6.12. The summed E-state index contributed by atoms with van der Waals surface area (Å²) in [6.45, 7) is 5.35. The SMILES string of the molecule is CCOC(=O)C(C)Oc1cc(C)c2c(c1)O/C(=C\c1ccc(F)cc1)C2=O. The largest absolute Gasteiger partial charge is 0.479 e. The van der Waals surface area contributed by atoms with Gasteiger partial charge in [-0.05, 0) is 56.2 Å². The maximum absolute atomic E-state index is 13.0. The van der Waals surface area contributed by atoms with Crippen LogP contribution in [0.3, 0.4) is 0 Å². The molecule has 1 atom stereocenters. The number of benzene rings is 2. The molecule has 2 aromatic rings. The predicted molar refractivity (Wildman–Crippen MR) is 97.2 cm³/mol. The Morgan fingerprint density at radius 3 is 2.63 bits per heavy atom. The van der Waals surface area contributed by atoms with Crippen molar-refractivity contribution in [1.29, 1.82) is 0 Å². The number of fused-ring (bicyclic) bond motifs is 1. The van der Waals surface area contributed by atoms with E-state index in [9.17, 15) is 14.0 Å². The van der Waals surface area contributed by atoms with Gasteiger partial charge in [-0.2, -0.15) is 0 Å². The first-order valence-electron chi connectivity index (χ1n) is 8.56. The van der Waals surface area contributed by atoms with E-state index in [2.05, 4.69) is 0 Å². The molecule has 1 aliphatic heterocycles. The second kappa shape index (κ2) is 7.61. The van der Waals surface area contributed by atoms with Crippen LogP contribution in [-0.4, -0.2) is 24.5 Å². The summed E-state index contributed by atoms with van der Waals surface area (Å²) in [5.41, 5.74) is 1.77. The van der Waals surface area contributed by atoms with Gasteiger partial charge in [-0.1, -0.05) is 12.1 Å². The minimum absolute atomic E-state index is 0.148. The molecule has 0 aromatic heterocycles. The number of esters is 1. The van der Waals surface area contributed by atoms with Crippen molar-refractivity contribution in [2.75, 3.05) is 6.61 Å². The molecule has 0 fully saturated rings. The Kier molecular flexibility index (Phi) is 5.26. The zero-order valence-electron chi connectivity index (χ0n) is 15.2. The quantitative estimate of drug-likeness (QED) is 0.586. The molecule has 0 aliphatic carbocycles. The van der Waals surface area contributed by atoms with E-state index >= 15 is 0 Å². The average molecular weight is 370 g/mol. The molecule has 5 nitrogen and oxygen atoms in total. The number of ketones is 1. The third-order valence-electron chi connectivity index (χ3n) is 4.04. The number of carbonyl (C=O) groups excluding carboxylic acids is 2. The van der Waals surface area contributed by atoms with Gasteiger partial charge in [0.2, 0.25) is 5.78 Å². The van der Waals surface area contributed by atoms with Crippen LogP contribution in [0.15, 0.2) is 42.2 Å². The maximum atomic E-state index is 13.0. The summed E-state index contributed by atoms with van der Waals surface area (Å²) < 4.78 is 29.3. The van der Waals surface area contributed by atoms with Crippen molar-refractivity contribution in [1.82, 2.24) is 0 Å². The molecule has 27 heavy (non-hydrogen) atoms. The third-order valence-corrected chi connectivity index (χ3v) is 4.04. The molecule has 1 heterocycles. The molecule has 0 radical (unpaired) electrons. The van der Waals surface area contributed by atoms with Crippen molar-refractivity contribution in [2.24, 2.45) is 0 Å². The van der Waals surface area contributed by atoms with Crippen LogP contribution in [0.2, 0.25) is 0 Å². The summed E-state index contributed by atoms with van der Waals surface area (Å²) in [5, 5.41) is 0. The van der Waals surface area contributed by atoms with Crippen LogP contribution in [0.5, 0.6) is 11.5 Å². The highest BCUT2D eigenvalue weighted by Crippen LogP contribution is 2.37. The molecule has 0 amide bonds. The van der Waals surface area contributed by atoms with Crippen molar-refractivity contribution in [3.8, 4) is 11.5 Å². The number of allylic oxidation sites excluding steroid dienone is 1. The fourth-order valence-corrected chi connectivity index (χ4v) is 2.77. The lowest BCUT2D eigenvalue weighted by atomic mass is 10.0. The smallest absolute Gasteiger partial charge is 0.347 e. The lowest BCUT2D eigenvalue weighted by molar-refractivity contribution is -0.150. The van der Waals surface area contributed by atoms with Crippen molar-refractivity contribution in [3.63, 3.8) is 0 Å². The van der Waals surface area contributed by atoms with Gasteiger partial charge in [0, 0.05) is 6.07 Å². The number of hydrogen-bond acceptors (Lipinski definition) is 5. The van der Waals surface area contributed by atoms with E-state index in [0.29, 0.717) is 28.2 Å². The van der Waals surface area contributed by atoms with E-state index in [1.54, 1.807) is 51.1 Å². The molecular formula is C21H19FO5. The highest BCUT2D eigenvalue weighted by molar-refractivity contribution is 6.15. The highest BCUT2D eigenvalue weighted by Gasteiger charge is 2.30. The van der Waals surface area contributed by atoms with Crippen molar-refractivity contribution < 1.29 is 28.2 Å². The predicted octanol–water partition coefficient (Wildman–Crippen LogP) is 4.08. The Bertz CT molecular complexity index is 915. The molecule has 1 unspecified atom stereocenters. The van der Waals surface area contributed by atoms with Gasteiger partial charge in [0.15, 0.2) is 11.9 Å². The lowest BCUT2D eigenvalue weighted by Crippen LogP contribution is -2.26. The molecule has 2 aromatic carbocycles. The first-order valence-corrected chi connectivity index (χ1v) is 8.56. The van der Waals surface area contributed by atoms with Crippen LogP contribution >= 0.6 is 0 Å². The summed E-state index contributed by atoms with van der Waals surface area (Å²) in [7, 11) is 0. The van der Waals surface area contributed by atoms with E-state index in [0.717, 1.165) is 0 Å². The molecule has 140 valence electrons. The molecule has 6 heteroatoms. The molecule has 0 bridgehead atoms. The van der Waals surface area contributed by atoms with Crippen molar-refractivity contribution >= 4 is 17.8 Å². The summed E-state index contributed by atoms with van der Waals surface area (Å²) in [4.78, 5) is 24.4. The number of carbonyl (C=O) groups is 2. The molecule has 0 saturated heterocycles. The fourth-order valence-electron chi connectivity index (χ4n) is 2.77. The van der Waals surface area contributed by atoms with E-state index in [-0.39, 0.29) is 24.0 Å². The van der Waals surface area contributed by atoms with Crippen LogP contribution in [0.4, 0.5) is 4.39 Å². The van der Waals surface area contributed by atoms with Gasteiger partial charge in [-0.3, -0.25) is 4.79 Å². The van der Waals surface area contributed by atoms with Crippen LogP contribution in [0.25, 0.3) is 6.08 Å². The highest BCUT2D eigenvalue weighted by atomic mass is 19.1. The summed E-state index contributed by atoms with van der Waals surface area (Å²) in [6, 6.07) is 8.99. The van der Waals surface area contributed by atoms with Gasteiger partial charge in [0.1, 0.15) is 17.3 Å². The van der Waals surface area contributed by atoms with Gasteiger partial charge < -0.3 is 14.2 Å². The summed E-state index contributed by atoms with van der Waals surface area (Å²) in [5.74, 6) is -0.161. The fraction of sp³-hybridized carbons (Fsp3) is 0.238. The third kappa shape index (κ3) is 4.00. The van der Waals surface area contributed by atoms with Gasteiger partial charge in [0.05, 0.1) is 12.2 Å². The van der Waals surface area contributed by atoms with Gasteiger partial charge in [-0.25, -0.2) is 9.18 Å². The Hall–Kier alpha value is -3.15. The number of Topliss-reactive ketones (excluding diaryl/α,β-unsaturated/α-hetero) is 1. The number of hydrogen-bond donors (Lipinski definition) is 0. The standard InChI is InChI=1S/C21H19FO5/c1-4-25-21(24)13(3)26-16-9-12(2)19-17(11-16)27-18(20(19)23)10-14-5-7-15(22)8-6-14/h5-11,13H,4H2,1-3H3/b18-10-. The number of ether oxygens (including phenoxy) is 3. The van der Waals surface area contributed by atoms with Gasteiger partial charge >= 0.3 is 5.97 Å². The minimum Gasteiger partial charge on any atom is -0.479 e. The average Bonchev–Trinajstić information content (AvgIpc) is 2.93. The monoisotopic (exact) mass is 370 g/mol. The number of rotatable bonds is 5. The Morgan fingerprint density at radius 2 is 1.96 bits per heavy atom. The normalized spacial score (nSPS) is 15.3. The Morgan fingerprint density at radius 1 is 1.26 bits per heavy atom. The van der Waals surface area contributed by atoms with Crippen molar-refractivity contribution in [3.05, 3.63) is 64.7 Å². The molecular weight excluding hydrogens is 351 g/mol. The Balaban J connectivity index is 1.84. The van der Waals surface area contributed by atoms with E-state index < -0.39 is 12.1 Å². The number of aryl methyl sites for hydroxylation is 1. The Labute approximate surface area is 156 Å². The summed E-state index contributed by atoms with van der Waals surface area (Å²) >= 11 is 0. The zero-order chi connectivity index (χ0) is 19.6. The molecule has 0 spiro atoms. The first-order chi connectivity index (χ1) is 12.9. The van der Waals surface area contributed by atoms with Gasteiger partial charge in [-0.15, -0.1) is 0 Å². The van der Waals surface area contributed by atoms with Crippen LogP contribution < -0.4 is 9.47 Å². The molecule has 0 saturated carbocycles. The number of halogens is 1. The van der Waals surface area contributed by atoms with Crippen LogP contribution in [0, 0.1) is 12.7 Å². The van der Waals surface area contributed by atoms with Crippen LogP contribution in [0.1, 0.15) is 35.3 Å². The first kappa shape index (κ1) is 18.6. The van der Waals surface area contributed by atoms with Crippen LogP contribution in [-0.2, 0) is 9.53 Å². The minimum atomic E-state index is -0.784. The maximum Gasteiger partial charge on any atom is 0.347 e. The van der Waals surface area contributed by atoms with E-state index in [1.165, 1.54) is 12.1 Å². The van der Waals surface area contributed by atoms with Crippen molar-refractivity contribution in [2.45, 2.75) is 26.9 Å².